The summed E-state index contributed by atoms with van der Waals surface area (Å²) in [6.45, 7) is 1.63. The van der Waals surface area contributed by atoms with Crippen LogP contribution in [0.25, 0.3) is 0 Å². The third-order valence-electron chi connectivity index (χ3n) is 3.46. The highest BCUT2D eigenvalue weighted by atomic mass is 16.6. The van der Waals surface area contributed by atoms with Crippen molar-refractivity contribution >= 4 is 23.3 Å². The van der Waals surface area contributed by atoms with Crippen LogP contribution in [0.4, 0.5) is 11.4 Å². The third-order valence-corrected chi connectivity index (χ3v) is 3.46. The molecule has 1 aromatic rings. The van der Waals surface area contributed by atoms with Crippen LogP contribution in [0.1, 0.15) is 23.7 Å². The fourth-order valence-electron chi connectivity index (χ4n) is 2.10. The zero-order valence-electron chi connectivity index (χ0n) is 14.6. The first-order chi connectivity index (χ1) is 11.7. The molecule has 0 unspecified atom stereocenters. The van der Waals surface area contributed by atoms with Gasteiger partial charge in [-0.3, -0.25) is 14.9 Å². The van der Waals surface area contributed by atoms with E-state index >= 15 is 0 Å². The summed E-state index contributed by atoms with van der Waals surface area (Å²) in [7, 11) is 4.87. The fraction of sp³-hybridized carbons (Fsp3) is 0.438. The Labute approximate surface area is 145 Å². The number of amides is 1. The smallest absolute Gasteiger partial charge is 0.341 e. The molecule has 0 bridgehead atoms. The summed E-state index contributed by atoms with van der Waals surface area (Å²) in [6.07, 6.45) is -0.913. The molecular weight excluding hydrogens is 328 g/mol. The topological polar surface area (TPSA) is 117 Å². The maximum absolute atomic E-state index is 12.4. The number of anilines is 1. The van der Waals surface area contributed by atoms with Crippen molar-refractivity contribution in [1.82, 2.24) is 4.90 Å². The number of hydrogen-bond donors (Lipinski definition) is 0. The fourth-order valence-corrected chi connectivity index (χ4v) is 2.10. The minimum absolute atomic E-state index is 0.00136. The van der Waals surface area contributed by atoms with Crippen molar-refractivity contribution in [3.63, 3.8) is 0 Å². The van der Waals surface area contributed by atoms with Crippen LogP contribution in [-0.4, -0.2) is 55.5 Å². The summed E-state index contributed by atoms with van der Waals surface area (Å²) in [5.41, 5.74) is 0.189. The van der Waals surface area contributed by atoms with Gasteiger partial charge in [-0.25, -0.2) is 4.79 Å². The molecule has 0 aromatic heterocycles. The summed E-state index contributed by atoms with van der Waals surface area (Å²) in [6, 6.07) is 5.78. The summed E-state index contributed by atoms with van der Waals surface area (Å²) >= 11 is 0. The van der Waals surface area contributed by atoms with Crippen molar-refractivity contribution in [2.75, 3.05) is 32.6 Å². The molecule has 0 spiro atoms. The standard InChI is InChI=1S/C16H20N4O5/c1-11(15(21)19(4)9-5-8-17)25-16(22)13-10-12(20(23)24)6-7-14(13)18(2)3/h6-7,10-11H,5,9H2,1-4H3/t11-/m0/s1. The maximum Gasteiger partial charge on any atom is 0.341 e. The Bertz CT molecular complexity index is 711. The van der Waals surface area contributed by atoms with Crippen molar-refractivity contribution in [3.05, 3.63) is 33.9 Å². The van der Waals surface area contributed by atoms with Gasteiger partial charge in [-0.2, -0.15) is 5.26 Å². The van der Waals surface area contributed by atoms with E-state index in [2.05, 4.69) is 0 Å². The third kappa shape index (κ3) is 5.17. The molecule has 0 radical (unpaired) electrons. The normalized spacial score (nSPS) is 11.2. The summed E-state index contributed by atoms with van der Waals surface area (Å²) in [5, 5.41) is 19.5. The molecular formula is C16H20N4O5. The van der Waals surface area contributed by atoms with Gasteiger partial charge in [0.05, 0.1) is 28.7 Å². The molecule has 134 valence electrons. The predicted molar refractivity (Wildman–Crippen MR) is 90.2 cm³/mol. The lowest BCUT2D eigenvalue weighted by Gasteiger charge is -2.22. The Morgan fingerprint density at radius 1 is 1.36 bits per heavy atom. The van der Waals surface area contributed by atoms with Crippen molar-refractivity contribution in [1.29, 1.82) is 5.26 Å². The first-order valence-corrected chi connectivity index (χ1v) is 7.47. The molecule has 1 amide bonds. The van der Waals surface area contributed by atoms with E-state index < -0.39 is 22.9 Å². The highest BCUT2D eigenvalue weighted by molar-refractivity contribution is 5.98. The van der Waals surface area contributed by atoms with Gasteiger partial charge in [0.2, 0.25) is 0 Å². The van der Waals surface area contributed by atoms with E-state index in [4.69, 9.17) is 10.00 Å². The molecule has 9 nitrogen and oxygen atoms in total. The quantitative estimate of drug-likeness (QED) is 0.417. The van der Waals surface area contributed by atoms with E-state index in [1.165, 1.54) is 31.0 Å². The molecule has 0 saturated heterocycles. The highest BCUT2D eigenvalue weighted by Crippen LogP contribution is 2.25. The molecule has 0 N–H and O–H groups in total. The van der Waals surface area contributed by atoms with E-state index in [-0.39, 0.29) is 24.2 Å². The van der Waals surface area contributed by atoms with Crippen molar-refractivity contribution in [2.24, 2.45) is 0 Å². The number of carbonyl (C=O) groups is 2. The minimum atomic E-state index is -1.08. The lowest BCUT2D eigenvalue weighted by Crippen LogP contribution is -2.38. The van der Waals surface area contributed by atoms with Crippen LogP contribution in [0.3, 0.4) is 0 Å². The van der Waals surface area contributed by atoms with E-state index in [0.717, 1.165) is 6.07 Å². The maximum atomic E-state index is 12.4. The van der Waals surface area contributed by atoms with Crippen LogP contribution < -0.4 is 4.90 Å². The van der Waals surface area contributed by atoms with Crippen LogP contribution in [0.15, 0.2) is 18.2 Å². The molecule has 1 aromatic carbocycles. The molecule has 9 heteroatoms. The number of likely N-dealkylation sites (N-methyl/N-ethyl adjacent to an activating group) is 1. The van der Waals surface area contributed by atoms with Gasteiger partial charge >= 0.3 is 5.97 Å². The van der Waals surface area contributed by atoms with Gasteiger partial charge in [0.1, 0.15) is 0 Å². The van der Waals surface area contributed by atoms with Gasteiger partial charge < -0.3 is 14.5 Å². The average molecular weight is 348 g/mol. The molecule has 25 heavy (non-hydrogen) atoms. The van der Waals surface area contributed by atoms with E-state index in [1.54, 1.807) is 19.0 Å². The van der Waals surface area contributed by atoms with Crippen LogP contribution in [0.2, 0.25) is 0 Å². The molecule has 0 fully saturated rings. The first-order valence-electron chi connectivity index (χ1n) is 7.47. The van der Waals surface area contributed by atoms with Crippen molar-refractivity contribution in [2.45, 2.75) is 19.4 Å². The van der Waals surface area contributed by atoms with Gasteiger partial charge in [0.15, 0.2) is 6.10 Å². The number of hydrogen-bond acceptors (Lipinski definition) is 7. The molecule has 0 aliphatic heterocycles. The SMILES string of the molecule is C[C@H](OC(=O)c1cc([N+](=O)[O-])ccc1N(C)C)C(=O)N(C)CCC#N. The summed E-state index contributed by atoms with van der Waals surface area (Å²) < 4.78 is 5.16. The highest BCUT2D eigenvalue weighted by Gasteiger charge is 2.25. The Kier molecular flexibility index (Phi) is 6.87. The van der Waals surface area contributed by atoms with Gasteiger partial charge in [-0.1, -0.05) is 0 Å². The van der Waals surface area contributed by atoms with Crippen molar-refractivity contribution in [3.8, 4) is 6.07 Å². The number of nitriles is 1. The van der Waals surface area contributed by atoms with Crippen LogP contribution in [-0.2, 0) is 9.53 Å². The Balaban J connectivity index is 2.99. The Morgan fingerprint density at radius 3 is 2.52 bits per heavy atom. The number of rotatable bonds is 7. The lowest BCUT2D eigenvalue weighted by atomic mass is 10.1. The van der Waals surface area contributed by atoms with Crippen LogP contribution >= 0.6 is 0 Å². The van der Waals surface area contributed by atoms with Crippen molar-refractivity contribution < 1.29 is 19.2 Å². The molecule has 0 aliphatic rings. The zero-order valence-corrected chi connectivity index (χ0v) is 14.6. The van der Waals surface area contributed by atoms with Gasteiger partial charge in [-0.05, 0) is 13.0 Å². The predicted octanol–water partition coefficient (Wildman–Crippen LogP) is 1.58. The number of nitrogens with zero attached hydrogens (tertiary/aromatic N) is 4. The molecule has 0 heterocycles. The van der Waals surface area contributed by atoms with Crippen LogP contribution in [0.5, 0.6) is 0 Å². The first kappa shape index (κ1) is 19.9. The summed E-state index contributed by atoms with van der Waals surface area (Å²) in [4.78, 5) is 37.8. The monoisotopic (exact) mass is 348 g/mol. The zero-order chi connectivity index (χ0) is 19.1. The number of benzene rings is 1. The Hall–Kier alpha value is -3.15. The minimum Gasteiger partial charge on any atom is -0.449 e. The number of nitro groups is 1. The number of nitro benzene ring substituents is 1. The Morgan fingerprint density at radius 2 is 2.00 bits per heavy atom. The largest absolute Gasteiger partial charge is 0.449 e. The van der Waals surface area contributed by atoms with E-state index in [1.807, 2.05) is 6.07 Å². The second-order valence-corrected chi connectivity index (χ2v) is 5.57. The molecule has 1 rings (SSSR count). The summed E-state index contributed by atoms with van der Waals surface area (Å²) in [5.74, 6) is -1.29. The molecule has 0 aliphatic carbocycles. The average Bonchev–Trinajstić information content (AvgIpc) is 2.57. The van der Waals surface area contributed by atoms with E-state index in [0.29, 0.717) is 5.69 Å². The lowest BCUT2D eigenvalue weighted by molar-refractivity contribution is -0.384. The van der Waals surface area contributed by atoms with E-state index in [9.17, 15) is 19.7 Å². The molecule has 1 atom stereocenters. The number of non-ortho nitro benzene ring substituents is 1. The number of ether oxygens (including phenoxy) is 1. The number of carbonyl (C=O) groups excluding carboxylic acids is 2. The van der Waals surface area contributed by atoms with Crippen LogP contribution in [0, 0.1) is 21.4 Å². The second-order valence-electron chi connectivity index (χ2n) is 5.57. The number of esters is 1. The van der Waals surface area contributed by atoms with Gasteiger partial charge in [0.25, 0.3) is 11.6 Å². The van der Waals surface area contributed by atoms with Gasteiger partial charge in [0, 0.05) is 39.8 Å². The van der Waals surface area contributed by atoms with Gasteiger partial charge in [-0.15, -0.1) is 0 Å². The molecule has 0 saturated carbocycles. The second kappa shape index (κ2) is 8.63.